The van der Waals surface area contributed by atoms with Crippen LogP contribution in [0.2, 0.25) is 0 Å². The molecule has 22 heavy (non-hydrogen) atoms. The van der Waals surface area contributed by atoms with Gasteiger partial charge in [-0.15, -0.1) is 0 Å². The summed E-state index contributed by atoms with van der Waals surface area (Å²) in [6.07, 6.45) is 0. The summed E-state index contributed by atoms with van der Waals surface area (Å²) in [6.45, 7) is 4.39. The molecule has 0 saturated carbocycles. The predicted molar refractivity (Wildman–Crippen MR) is 84.9 cm³/mol. The van der Waals surface area contributed by atoms with E-state index in [1.165, 1.54) is 11.1 Å². The highest BCUT2D eigenvalue weighted by molar-refractivity contribution is 5.94. The summed E-state index contributed by atoms with van der Waals surface area (Å²) in [7, 11) is 1.58. The van der Waals surface area contributed by atoms with E-state index in [1.807, 2.05) is 25.1 Å². The van der Waals surface area contributed by atoms with Crippen LogP contribution < -0.4 is 20.7 Å². The first-order valence-corrected chi connectivity index (χ1v) is 6.93. The lowest BCUT2D eigenvalue weighted by Gasteiger charge is -2.12. The quantitative estimate of drug-likeness (QED) is 0.505. The molecular formula is C17H20N2O3. The van der Waals surface area contributed by atoms with Crippen molar-refractivity contribution in [3.63, 3.8) is 0 Å². The van der Waals surface area contributed by atoms with Crippen molar-refractivity contribution in [2.45, 2.75) is 20.5 Å². The van der Waals surface area contributed by atoms with Crippen LogP contribution in [0.4, 0.5) is 0 Å². The summed E-state index contributed by atoms with van der Waals surface area (Å²) < 4.78 is 11.1. The molecule has 5 nitrogen and oxygen atoms in total. The van der Waals surface area contributed by atoms with Gasteiger partial charge in [0.15, 0.2) is 0 Å². The fourth-order valence-corrected chi connectivity index (χ4v) is 2.08. The molecule has 0 aliphatic rings. The molecule has 0 radical (unpaired) electrons. The van der Waals surface area contributed by atoms with Crippen LogP contribution in [-0.2, 0) is 6.61 Å². The number of methoxy groups -OCH3 is 1. The van der Waals surface area contributed by atoms with Crippen LogP contribution in [0.5, 0.6) is 11.5 Å². The molecule has 0 bridgehead atoms. The number of rotatable bonds is 5. The number of amides is 1. The van der Waals surface area contributed by atoms with Gasteiger partial charge in [0.2, 0.25) is 0 Å². The minimum atomic E-state index is -0.352. The van der Waals surface area contributed by atoms with Crippen molar-refractivity contribution < 1.29 is 14.3 Å². The standard InChI is InChI=1S/C17H20N2O3/c1-11-4-6-15(8-12(11)2)22-10-14-9-13(17(20)19-18)5-7-16(14)21-3/h4-9H,10,18H2,1-3H3,(H,19,20). The number of ether oxygens (including phenoxy) is 2. The maximum absolute atomic E-state index is 11.6. The fraction of sp³-hybridized carbons (Fsp3) is 0.235. The molecule has 0 spiro atoms. The zero-order valence-electron chi connectivity index (χ0n) is 13.0. The van der Waals surface area contributed by atoms with Crippen molar-refractivity contribution in [1.29, 1.82) is 0 Å². The summed E-state index contributed by atoms with van der Waals surface area (Å²) in [5.74, 6) is 6.25. The molecule has 2 aromatic rings. The Morgan fingerprint density at radius 3 is 2.55 bits per heavy atom. The van der Waals surface area contributed by atoms with E-state index in [9.17, 15) is 4.79 Å². The highest BCUT2D eigenvalue weighted by Crippen LogP contribution is 2.23. The van der Waals surface area contributed by atoms with Crippen LogP contribution in [0, 0.1) is 13.8 Å². The average Bonchev–Trinajstić information content (AvgIpc) is 2.54. The Kier molecular flexibility index (Phi) is 5.01. The molecule has 0 aliphatic carbocycles. The number of hydrogen-bond acceptors (Lipinski definition) is 4. The summed E-state index contributed by atoms with van der Waals surface area (Å²) in [5.41, 5.74) is 5.73. The van der Waals surface area contributed by atoms with Crippen LogP contribution in [0.25, 0.3) is 0 Å². The van der Waals surface area contributed by atoms with E-state index < -0.39 is 0 Å². The van der Waals surface area contributed by atoms with E-state index in [2.05, 4.69) is 12.3 Å². The molecule has 2 rings (SSSR count). The SMILES string of the molecule is COc1ccc(C(=O)NN)cc1COc1ccc(C)c(C)c1. The number of aryl methyl sites for hydroxylation is 2. The number of hydrazine groups is 1. The molecule has 0 unspecified atom stereocenters. The fourth-order valence-electron chi connectivity index (χ4n) is 2.08. The van der Waals surface area contributed by atoms with Gasteiger partial charge in [-0.1, -0.05) is 6.07 Å². The Balaban J connectivity index is 2.20. The van der Waals surface area contributed by atoms with Crippen molar-refractivity contribution in [3.05, 3.63) is 58.7 Å². The Labute approximate surface area is 130 Å². The first-order valence-electron chi connectivity index (χ1n) is 6.93. The molecule has 2 aromatic carbocycles. The lowest BCUT2D eigenvalue weighted by molar-refractivity contribution is 0.0953. The number of nitrogens with two attached hydrogens (primary N) is 1. The van der Waals surface area contributed by atoms with Crippen molar-refractivity contribution in [2.75, 3.05) is 7.11 Å². The van der Waals surface area contributed by atoms with E-state index >= 15 is 0 Å². The van der Waals surface area contributed by atoms with Gasteiger partial charge in [0.05, 0.1) is 7.11 Å². The minimum absolute atomic E-state index is 0.303. The van der Waals surface area contributed by atoms with Crippen molar-refractivity contribution in [2.24, 2.45) is 5.84 Å². The number of carbonyl (C=O) groups is 1. The second-order valence-corrected chi connectivity index (χ2v) is 5.03. The van der Waals surface area contributed by atoms with Crippen LogP contribution in [-0.4, -0.2) is 13.0 Å². The normalized spacial score (nSPS) is 10.2. The van der Waals surface area contributed by atoms with Gasteiger partial charge >= 0.3 is 0 Å². The van der Waals surface area contributed by atoms with Gasteiger partial charge in [-0.25, -0.2) is 5.84 Å². The topological polar surface area (TPSA) is 73.6 Å². The van der Waals surface area contributed by atoms with Crippen molar-refractivity contribution in [3.8, 4) is 11.5 Å². The van der Waals surface area contributed by atoms with E-state index in [0.29, 0.717) is 17.9 Å². The molecule has 3 N–H and O–H groups in total. The molecular weight excluding hydrogens is 280 g/mol. The third-order valence-corrected chi connectivity index (χ3v) is 3.55. The third kappa shape index (κ3) is 3.56. The zero-order chi connectivity index (χ0) is 16.1. The second-order valence-electron chi connectivity index (χ2n) is 5.03. The average molecular weight is 300 g/mol. The van der Waals surface area contributed by atoms with Crippen LogP contribution in [0.3, 0.4) is 0 Å². The monoisotopic (exact) mass is 300 g/mol. The highest BCUT2D eigenvalue weighted by Gasteiger charge is 2.10. The summed E-state index contributed by atoms with van der Waals surface area (Å²) >= 11 is 0. The van der Waals surface area contributed by atoms with Crippen molar-refractivity contribution in [1.82, 2.24) is 5.43 Å². The number of carbonyl (C=O) groups excluding carboxylic acids is 1. The largest absolute Gasteiger partial charge is 0.496 e. The number of nitrogens with one attached hydrogen (secondary N) is 1. The molecule has 116 valence electrons. The molecule has 0 fully saturated rings. The summed E-state index contributed by atoms with van der Waals surface area (Å²) in [5, 5.41) is 0. The van der Waals surface area contributed by atoms with Gasteiger partial charge in [0.25, 0.3) is 5.91 Å². The first-order chi connectivity index (χ1) is 10.5. The zero-order valence-corrected chi connectivity index (χ0v) is 13.0. The van der Waals surface area contributed by atoms with Crippen molar-refractivity contribution >= 4 is 5.91 Å². The molecule has 0 heterocycles. The Bertz CT molecular complexity index is 684. The molecule has 1 amide bonds. The molecule has 0 aromatic heterocycles. The maximum Gasteiger partial charge on any atom is 0.265 e. The highest BCUT2D eigenvalue weighted by atomic mass is 16.5. The van der Waals surface area contributed by atoms with Crippen LogP contribution >= 0.6 is 0 Å². The smallest absolute Gasteiger partial charge is 0.265 e. The van der Waals surface area contributed by atoms with Gasteiger partial charge in [0, 0.05) is 11.1 Å². The van der Waals surface area contributed by atoms with Crippen LogP contribution in [0.1, 0.15) is 27.0 Å². The Morgan fingerprint density at radius 1 is 1.14 bits per heavy atom. The van der Waals surface area contributed by atoms with Gasteiger partial charge in [-0.05, 0) is 55.3 Å². The van der Waals surface area contributed by atoms with Gasteiger partial charge < -0.3 is 9.47 Å². The van der Waals surface area contributed by atoms with Crippen LogP contribution in [0.15, 0.2) is 36.4 Å². The van der Waals surface area contributed by atoms with E-state index in [-0.39, 0.29) is 5.91 Å². The van der Waals surface area contributed by atoms with Gasteiger partial charge in [-0.2, -0.15) is 0 Å². The first kappa shape index (κ1) is 15.9. The maximum atomic E-state index is 11.6. The third-order valence-electron chi connectivity index (χ3n) is 3.55. The number of hydrogen-bond donors (Lipinski definition) is 2. The molecule has 0 aliphatic heterocycles. The summed E-state index contributed by atoms with van der Waals surface area (Å²) in [6, 6.07) is 11.0. The molecule has 0 saturated heterocycles. The predicted octanol–water partition coefficient (Wildman–Crippen LogP) is 2.49. The Hall–Kier alpha value is -2.53. The second kappa shape index (κ2) is 6.95. The minimum Gasteiger partial charge on any atom is -0.496 e. The Morgan fingerprint density at radius 2 is 1.91 bits per heavy atom. The number of nitrogen functional groups attached to an aromatic ring is 1. The molecule has 0 atom stereocenters. The van der Waals surface area contributed by atoms with E-state index in [0.717, 1.165) is 11.3 Å². The lowest BCUT2D eigenvalue weighted by Crippen LogP contribution is -2.30. The van der Waals surface area contributed by atoms with E-state index in [1.54, 1.807) is 25.3 Å². The summed E-state index contributed by atoms with van der Waals surface area (Å²) in [4.78, 5) is 11.6. The number of benzene rings is 2. The van der Waals surface area contributed by atoms with Gasteiger partial charge in [-0.3, -0.25) is 10.2 Å². The molecule has 5 heteroatoms. The van der Waals surface area contributed by atoms with Gasteiger partial charge in [0.1, 0.15) is 18.1 Å². The lowest BCUT2D eigenvalue weighted by atomic mass is 10.1. The van der Waals surface area contributed by atoms with E-state index in [4.69, 9.17) is 15.3 Å².